The van der Waals surface area contributed by atoms with Crippen molar-refractivity contribution in [3.05, 3.63) is 0 Å². The maximum Gasteiger partial charge on any atom is 0.509 e. The quantitative estimate of drug-likeness (QED) is 0.0862. The van der Waals surface area contributed by atoms with Gasteiger partial charge in [-0.2, -0.15) is 0 Å². The van der Waals surface area contributed by atoms with Crippen molar-refractivity contribution in [2.75, 3.05) is 54.6 Å². The highest BCUT2D eigenvalue weighted by Crippen LogP contribution is 2.42. The number of aliphatic hydroxyl groups is 5. The summed E-state index contributed by atoms with van der Waals surface area (Å²) in [5.41, 5.74) is -4.23. The number of cyclic esters (lactones) is 1. The van der Waals surface area contributed by atoms with E-state index < -0.39 is 139 Å². The third-order valence-electron chi connectivity index (χ3n) is 15.0. The number of rotatable bonds is 13. The molecular weight excluding hydrogens is 911 g/mol. The van der Waals surface area contributed by atoms with Crippen LogP contribution in [0.5, 0.6) is 0 Å². The van der Waals surface area contributed by atoms with Crippen molar-refractivity contribution in [3.63, 3.8) is 0 Å². The van der Waals surface area contributed by atoms with E-state index in [-0.39, 0.29) is 50.5 Å². The summed E-state index contributed by atoms with van der Waals surface area (Å²) >= 11 is 0. The number of hydrogen-bond donors (Lipinski definition) is 6. The Kier molecular flexibility index (Phi) is 19.6. The Hall–Kier alpha value is -2.55. The number of carbonyl (C=O) groups excluding carboxylic acids is 3. The smallest absolute Gasteiger partial charge is 0.458 e. The summed E-state index contributed by atoms with van der Waals surface area (Å²) in [6.07, 6.45) is -15.2. The number of esters is 1. The van der Waals surface area contributed by atoms with Crippen LogP contribution in [0.2, 0.25) is 0 Å². The second kappa shape index (κ2) is 23.5. The lowest BCUT2D eigenvalue weighted by molar-refractivity contribution is -0.317. The van der Waals surface area contributed by atoms with Crippen LogP contribution in [0.25, 0.3) is 0 Å². The molecule has 0 aromatic heterocycles. The van der Waals surface area contributed by atoms with Gasteiger partial charge in [-0.25, -0.2) is 9.59 Å². The third kappa shape index (κ3) is 13.0. The molecule has 0 aromatic rings. The molecule has 400 valence electrons. The van der Waals surface area contributed by atoms with Crippen LogP contribution in [0.3, 0.4) is 0 Å². The van der Waals surface area contributed by atoms with Gasteiger partial charge in [0.15, 0.2) is 36.7 Å². The summed E-state index contributed by atoms with van der Waals surface area (Å²) in [5.74, 6) is -2.82. The molecule has 22 nitrogen and oxygen atoms in total. The highest BCUT2D eigenvalue weighted by molar-refractivity contribution is 5.73. The molecule has 69 heavy (non-hydrogen) atoms. The summed E-state index contributed by atoms with van der Waals surface area (Å²) in [6, 6.07) is -0.733. The molecule has 0 aliphatic carbocycles. The van der Waals surface area contributed by atoms with Crippen molar-refractivity contribution >= 4 is 18.2 Å². The summed E-state index contributed by atoms with van der Waals surface area (Å²) in [5, 5.41) is 56.6. The largest absolute Gasteiger partial charge is 0.509 e. The fourth-order valence-corrected chi connectivity index (χ4v) is 11.0. The molecule has 0 radical (unpaired) electrons. The van der Waals surface area contributed by atoms with Gasteiger partial charge in [0.05, 0.1) is 49.1 Å². The molecule has 5 heterocycles. The molecule has 5 fully saturated rings. The van der Waals surface area contributed by atoms with E-state index >= 15 is 0 Å². The van der Waals surface area contributed by atoms with Crippen molar-refractivity contribution in [3.8, 4) is 0 Å². The minimum atomic E-state index is -1.64. The van der Waals surface area contributed by atoms with Crippen LogP contribution in [0.15, 0.2) is 0 Å². The van der Waals surface area contributed by atoms with Crippen LogP contribution in [0.4, 0.5) is 9.59 Å². The number of hydrogen-bond acceptors (Lipinski definition) is 21. The number of carbonyl (C=O) groups is 3. The number of likely N-dealkylation sites (N-methyl/N-ethyl adjacent to an activating group) is 2. The maximum atomic E-state index is 14.7. The minimum absolute atomic E-state index is 0.00851. The summed E-state index contributed by atoms with van der Waals surface area (Å²) in [6.45, 7) is 17.6. The Morgan fingerprint density at radius 1 is 0.913 bits per heavy atom. The predicted molar refractivity (Wildman–Crippen MR) is 243 cm³/mol. The lowest BCUT2D eigenvalue weighted by Crippen LogP contribution is -2.61. The Bertz CT molecular complexity index is 1700. The van der Waals surface area contributed by atoms with Crippen molar-refractivity contribution in [1.29, 1.82) is 0 Å². The van der Waals surface area contributed by atoms with Crippen molar-refractivity contribution in [2.24, 2.45) is 17.8 Å². The summed E-state index contributed by atoms with van der Waals surface area (Å²) < 4.78 is 67.1. The van der Waals surface area contributed by atoms with E-state index in [2.05, 4.69) is 5.32 Å². The molecule has 5 aliphatic rings. The molecule has 0 saturated carbocycles. The Morgan fingerprint density at radius 2 is 1.59 bits per heavy atom. The number of alkyl carbamates (subject to hydrolysis) is 1. The Labute approximate surface area is 406 Å². The van der Waals surface area contributed by atoms with E-state index in [0.29, 0.717) is 13.0 Å². The van der Waals surface area contributed by atoms with Gasteiger partial charge in [0.25, 0.3) is 0 Å². The number of amides is 1. The van der Waals surface area contributed by atoms with Gasteiger partial charge < -0.3 is 87.9 Å². The van der Waals surface area contributed by atoms with E-state index in [1.54, 1.807) is 41.5 Å². The zero-order chi connectivity index (χ0) is 51.5. The van der Waals surface area contributed by atoms with Crippen LogP contribution in [0.1, 0.15) is 94.9 Å². The van der Waals surface area contributed by atoms with E-state index in [0.717, 1.165) is 0 Å². The predicted octanol–water partition coefficient (Wildman–Crippen LogP) is 1.27. The van der Waals surface area contributed by atoms with Crippen molar-refractivity contribution in [2.45, 2.75) is 210 Å². The SMILES string of the molecule is CC[C@H]1OC(=O)[C@H](C)[C@H](O[C@H]2C[C@@](C)(OC)[C@@H](OC(=O)NCCO[C@@H]3O[C@H](CO)[C@@H](O)[C@H]3O)[C@H](C)O2)[C@@H](C)[C@@H](O[C@@H]2O[C@H](C)C[C@H](N(C)C)[C@H]2O)[C@](C)(O)C[C@@H](C)CN(C)[C@H](C)[C@H]2OC(=O)O[C@@]21C. The van der Waals surface area contributed by atoms with Crippen LogP contribution < -0.4 is 5.32 Å². The van der Waals surface area contributed by atoms with Gasteiger partial charge in [-0.1, -0.05) is 20.8 Å². The minimum Gasteiger partial charge on any atom is -0.458 e. The second-order valence-electron chi connectivity index (χ2n) is 21.0. The zero-order valence-electron chi connectivity index (χ0n) is 43.0. The number of methoxy groups -OCH3 is 1. The number of nitrogens with one attached hydrogen (secondary N) is 1. The van der Waals surface area contributed by atoms with Gasteiger partial charge in [-0.05, 0) is 94.8 Å². The molecule has 22 atom stereocenters. The molecule has 5 aliphatic heterocycles. The van der Waals surface area contributed by atoms with Gasteiger partial charge in [0.2, 0.25) is 0 Å². The molecule has 0 unspecified atom stereocenters. The molecule has 5 saturated heterocycles. The van der Waals surface area contributed by atoms with Gasteiger partial charge in [0.1, 0.15) is 36.1 Å². The third-order valence-corrected chi connectivity index (χ3v) is 15.0. The highest BCUT2D eigenvalue weighted by atomic mass is 16.8. The Morgan fingerprint density at radius 3 is 2.20 bits per heavy atom. The van der Waals surface area contributed by atoms with Gasteiger partial charge in [-0.3, -0.25) is 9.69 Å². The Balaban J connectivity index is 1.44. The molecule has 0 aromatic carbocycles. The van der Waals surface area contributed by atoms with Gasteiger partial charge in [0, 0.05) is 44.6 Å². The van der Waals surface area contributed by atoms with Crippen LogP contribution >= 0.6 is 0 Å². The molecule has 5 rings (SSSR count). The lowest BCUT2D eigenvalue weighted by Gasteiger charge is -2.49. The van der Waals surface area contributed by atoms with E-state index in [1.165, 1.54) is 7.11 Å². The number of fused-ring (bicyclic) bond motifs is 1. The van der Waals surface area contributed by atoms with Crippen LogP contribution in [-0.2, 0) is 56.9 Å². The molecule has 22 heteroatoms. The number of ether oxygens (including phenoxy) is 11. The molecule has 1 amide bonds. The summed E-state index contributed by atoms with van der Waals surface area (Å²) in [4.78, 5) is 44.7. The molecule has 0 bridgehead atoms. The first-order chi connectivity index (χ1) is 32.2. The molecule has 0 spiro atoms. The average Bonchev–Trinajstić information content (AvgIpc) is 3.74. The van der Waals surface area contributed by atoms with E-state index in [1.807, 2.05) is 58.6 Å². The first-order valence-electron chi connectivity index (χ1n) is 24.4. The first kappa shape index (κ1) is 57.4. The van der Waals surface area contributed by atoms with Gasteiger partial charge >= 0.3 is 18.2 Å². The molecule has 6 N–H and O–H groups in total. The van der Waals surface area contributed by atoms with Crippen molar-refractivity contribution < 1.29 is 92.0 Å². The topological polar surface area (TPSA) is 272 Å². The fraction of sp³-hybridized carbons (Fsp3) is 0.936. The maximum absolute atomic E-state index is 14.7. The average molecular weight is 994 g/mol. The lowest BCUT2D eigenvalue weighted by atomic mass is 9.77. The second-order valence-corrected chi connectivity index (χ2v) is 21.0. The van der Waals surface area contributed by atoms with Crippen molar-refractivity contribution in [1.82, 2.24) is 15.1 Å². The normalized spacial score (nSPS) is 46.2. The summed E-state index contributed by atoms with van der Waals surface area (Å²) in [7, 11) is 7.08. The van der Waals surface area contributed by atoms with E-state index in [9.17, 15) is 39.9 Å². The zero-order valence-corrected chi connectivity index (χ0v) is 43.0. The monoisotopic (exact) mass is 994 g/mol. The first-order valence-corrected chi connectivity index (χ1v) is 24.4. The molecular formula is C47H83N3O19. The van der Waals surface area contributed by atoms with E-state index in [4.69, 9.17) is 52.1 Å². The number of aliphatic hydroxyl groups excluding tert-OH is 4. The highest BCUT2D eigenvalue weighted by Gasteiger charge is 2.59. The van der Waals surface area contributed by atoms with Crippen LogP contribution in [0, 0.1) is 17.8 Å². The van der Waals surface area contributed by atoms with Gasteiger partial charge in [-0.15, -0.1) is 0 Å². The number of nitrogens with zero attached hydrogens (tertiary/aromatic N) is 2. The fourth-order valence-electron chi connectivity index (χ4n) is 11.0. The standard InChI is InChI=1S/C47H83N3O19/c1-15-31-47(10)38(68-44(57)69-47)27(6)50(13)21-23(2)19-45(8,58)37(66-42-33(52)29(49(11)12)18-24(3)61-42)25(4)36(26(5)40(55)64-31)65-32-20-46(9,59-14)39(28(7)62-32)67-43(56)48-16-17-60-41-35(54)34(53)30(22-51)63-41/h23-39,41-42,51-54,58H,15-22H2,1-14H3,(H,48,56)/t23-,24-,25-,26-,27-,28+,29+,30-,31-,32+,33-,34-,35-,36-,37-,38-,39+,41-,42+,45-,46-,47-/m1/s1. The van der Waals surface area contributed by atoms with Crippen LogP contribution in [-0.4, -0.2) is 223 Å².